The van der Waals surface area contributed by atoms with E-state index in [1.54, 1.807) is 6.07 Å². The van der Waals surface area contributed by atoms with Gasteiger partial charge in [0.15, 0.2) is 0 Å². The van der Waals surface area contributed by atoms with Crippen LogP contribution < -0.4 is 10.2 Å². The molecular weight excluding hydrogens is 248 g/mol. The zero-order chi connectivity index (χ0) is 14.4. The summed E-state index contributed by atoms with van der Waals surface area (Å²) in [6.07, 6.45) is 0. The molecule has 0 amide bonds. The van der Waals surface area contributed by atoms with Gasteiger partial charge in [0.05, 0.1) is 23.9 Å². The van der Waals surface area contributed by atoms with Crippen molar-refractivity contribution in [1.82, 2.24) is 4.98 Å². The summed E-state index contributed by atoms with van der Waals surface area (Å²) >= 11 is 0. The van der Waals surface area contributed by atoms with E-state index < -0.39 is 0 Å². The first-order chi connectivity index (χ1) is 9.72. The minimum Gasteiger partial charge on any atom is -0.370 e. The first kappa shape index (κ1) is 13.9. The number of hydrogen-bond donors (Lipinski definition) is 1. The van der Waals surface area contributed by atoms with E-state index in [1.807, 2.05) is 50.4 Å². The highest BCUT2D eigenvalue weighted by atomic mass is 15.1. The second-order valence-corrected chi connectivity index (χ2v) is 4.56. The number of pyridine rings is 1. The topological polar surface area (TPSA) is 52.0 Å². The molecule has 102 valence electrons. The lowest BCUT2D eigenvalue weighted by Gasteiger charge is -2.19. The average molecular weight is 266 g/mol. The van der Waals surface area contributed by atoms with E-state index in [9.17, 15) is 0 Å². The van der Waals surface area contributed by atoms with Crippen molar-refractivity contribution >= 4 is 11.5 Å². The smallest absolute Gasteiger partial charge is 0.126 e. The molecule has 0 spiro atoms. The van der Waals surface area contributed by atoms with E-state index in [1.165, 1.54) is 0 Å². The summed E-state index contributed by atoms with van der Waals surface area (Å²) in [5.74, 6) is 0.893. The molecule has 0 unspecified atom stereocenters. The summed E-state index contributed by atoms with van der Waals surface area (Å²) in [7, 11) is 2.00. The largest absolute Gasteiger partial charge is 0.370 e. The minimum absolute atomic E-state index is 0.670. The first-order valence-corrected chi connectivity index (χ1v) is 6.64. The van der Waals surface area contributed by atoms with E-state index in [0.29, 0.717) is 12.1 Å². The van der Waals surface area contributed by atoms with Gasteiger partial charge in [0.1, 0.15) is 5.82 Å². The van der Waals surface area contributed by atoms with Gasteiger partial charge in [0.25, 0.3) is 0 Å². The van der Waals surface area contributed by atoms with Gasteiger partial charge in [0.2, 0.25) is 0 Å². The van der Waals surface area contributed by atoms with Crippen molar-refractivity contribution in [2.75, 3.05) is 23.8 Å². The number of benzene rings is 1. The number of nitriles is 1. The molecule has 20 heavy (non-hydrogen) atoms. The van der Waals surface area contributed by atoms with Gasteiger partial charge in [0, 0.05) is 19.3 Å². The Kier molecular flexibility index (Phi) is 4.56. The average Bonchev–Trinajstić information content (AvgIpc) is 2.48. The highest BCUT2D eigenvalue weighted by molar-refractivity contribution is 5.51. The number of nitrogens with one attached hydrogen (secondary N) is 1. The highest BCUT2D eigenvalue weighted by Crippen LogP contribution is 2.17. The van der Waals surface area contributed by atoms with Gasteiger partial charge in [-0.25, -0.2) is 4.98 Å². The van der Waals surface area contributed by atoms with Crippen LogP contribution in [0.3, 0.4) is 0 Å². The van der Waals surface area contributed by atoms with Gasteiger partial charge >= 0.3 is 0 Å². The van der Waals surface area contributed by atoms with Crippen molar-refractivity contribution in [2.24, 2.45) is 0 Å². The number of nitrogens with zero attached hydrogens (tertiary/aromatic N) is 3. The van der Waals surface area contributed by atoms with Crippen LogP contribution in [-0.2, 0) is 6.54 Å². The Bertz CT molecular complexity index is 616. The van der Waals surface area contributed by atoms with Crippen LogP contribution in [0.1, 0.15) is 18.2 Å². The summed E-state index contributed by atoms with van der Waals surface area (Å²) < 4.78 is 0. The molecular formula is C16H18N4. The molecule has 1 heterocycles. The third-order valence-electron chi connectivity index (χ3n) is 2.98. The van der Waals surface area contributed by atoms with Crippen LogP contribution in [0.5, 0.6) is 0 Å². The second-order valence-electron chi connectivity index (χ2n) is 4.56. The van der Waals surface area contributed by atoms with Gasteiger partial charge in [-0.05, 0) is 37.3 Å². The van der Waals surface area contributed by atoms with E-state index in [2.05, 4.69) is 21.3 Å². The molecule has 0 aliphatic heterocycles. The van der Waals surface area contributed by atoms with Crippen LogP contribution in [0.2, 0.25) is 0 Å². The zero-order valence-electron chi connectivity index (χ0n) is 11.8. The maximum absolute atomic E-state index is 8.94. The number of hydrogen-bond acceptors (Lipinski definition) is 4. The predicted molar refractivity (Wildman–Crippen MR) is 81.7 cm³/mol. The standard InChI is InChI=1S/C16H18N4/c1-3-18-16-9-5-7-14(19-16)12-20(2)15-8-4-6-13(10-15)11-17/h4-10H,3,12H2,1-2H3,(H,18,19). The second kappa shape index (κ2) is 6.58. The monoisotopic (exact) mass is 266 g/mol. The summed E-state index contributed by atoms with van der Waals surface area (Å²) in [4.78, 5) is 6.64. The minimum atomic E-state index is 0.670. The first-order valence-electron chi connectivity index (χ1n) is 6.64. The van der Waals surface area contributed by atoms with E-state index in [4.69, 9.17) is 5.26 Å². The molecule has 4 heteroatoms. The van der Waals surface area contributed by atoms with Gasteiger partial charge in [-0.3, -0.25) is 0 Å². The molecule has 2 aromatic rings. The number of aromatic nitrogens is 1. The predicted octanol–water partition coefficient (Wildman–Crippen LogP) is 3.02. The Labute approximate surface area is 119 Å². The molecule has 1 aromatic carbocycles. The highest BCUT2D eigenvalue weighted by Gasteiger charge is 2.04. The number of anilines is 2. The van der Waals surface area contributed by atoms with Crippen molar-refractivity contribution in [3.05, 3.63) is 53.7 Å². The lowest BCUT2D eigenvalue weighted by Crippen LogP contribution is -2.17. The molecule has 2 rings (SSSR count). The van der Waals surface area contributed by atoms with Crippen molar-refractivity contribution in [3.63, 3.8) is 0 Å². The SMILES string of the molecule is CCNc1cccc(CN(C)c2cccc(C#N)c2)n1. The molecule has 4 nitrogen and oxygen atoms in total. The Balaban J connectivity index is 2.12. The van der Waals surface area contributed by atoms with Gasteiger partial charge in [-0.2, -0.15) is 5.26 Å². The maximum atomic E-state index is 8.94. The summed E-state index contributed by atoms with van der Waals surface area (Å²) in [6, 6.07) is 15.7. The van der Waals surface area contributed by atoms with E-state index in [-0.39, 0.29) is 0 Å². The Morgan fingerprint density at radius 3 is 2.80 bits per heavy atom. The summed E-state index contributed by atoms with van der Waals surface area (Å²) in [6.45, 7) is 3.61. The lowest BCUT2D eigenvalue weighted by molar-refractivity contribution is 0.884. The molecule has 0 fully saturated rings. The molecule has 0 saturated carbocycles. The van der Waals surface area contributed by atoms with Crippen molar-refractivity contribution in [2.45, 2.75) is 13.5 Å². The quantitative estimate of drug-likeness (QED) is 0.903. The van der Waals surface area contributed by atoms with Crippen LogP contribution in [0.25, 0.3) is 0 Å². The van der Waals surface area contributed by atoms with Gasteiger partial charge < -0.3 is 10.2 Å². The van der Waals surface area contributed by atoms with Crippen LogP contribution in [0.4, 0.5) is 11.5 Å². The third-order valence-corrected chi connectivity index (χ3v) is 2.98. The summed E-state index contributed by atoms with van der Waals surface area (Å²) in [5.41, 5.74) is 2.68. The summed E-state index contributed by atoms with van der Waals surface area (Å²) in [5, 5.41) is 12.1. The molecule has 0 bridgehead atoms. The van der Waals surface area contributed by atoms with Crippen molar-refractivity contribution in [3.8, 4) is 6.07 Å². The van der Waals surface area contributed by atoms with Crippen molar-refractivity contribution in [1.29, 1.82) is 5.26 Å². The van der Waals surface area contributed by atoms with Crippen LogP contribution in [0.15, 0.2) is 42.5 Å². The normalized spacial score (nSPS) is 9.85. The van der Waals surface area contributed by atoms with Crippen LogP contribution in [0, 0.1) is 11.3 Å². The van der Waals surface area contributed by atoms with Gasteiger partial charge in [-0.1, -0.05) is 12.1 Å². The Hall–Kier alpha value is -2.54. The van der Waals surface area contributed by atoms with E-state index in [0.717, 1.165) is 23.7 Å². The Morgan fingerprint density at radius 1 is 1.25 bits per heavy atom. The zero-order valence-corrected chi connectivity index (χ0v) is 11.8. The van der Waals surface area contributed by atoms with E-state index >= 15 is 0 Å². The third kappa shape index (κ3) is 3.48. The fourth-order valence-corrected chi connectivity index (χ4v) is 1.99. The molecule has 0 saturated heterocycles. The van der Waals surface area contributed by atoms with Crippen molar-refractivity contribution < 1.29 is 0 Å². The molecule has 0 aliphatic rings. The fourth-order valence-electron chi connectivity index (χ4n) is 1.99. The maximum Gasteiger partial charge on any atom is 0.126 e. The van der Waals surface area contributed by atoms with Crippen LogP contribution >= 0.6 is 0 Å². The number of rotatable bonds is 5. The molecule has 1 N–H and O–H groups in total. The Morgan fingerprint density at radius 2 is 2.05 bits per heavy atom. The fraction of sp³-hybridized carbons (Fsp3) is 0.250. The van der Waals surface area contributed by atoms with Gasteiger partial charge in [-0.15, -0.1) is 0 Å². The molecule has 0 radical (unpaired) electrons. The van der Waals surface area contributed by atoms with Crippen LogP contribution in [-0.4, -0.2) is 18.6 Å². The molecule has 0 atom stereocenters. The lowest BCUT2D eigenvalue weighted by atomic mass is 10.2. The molecule has 1 aromatic heterocycles. The molecule has 0 aliphatic carbocycles.